The summed E-state index contributed by atoms with van der Waals surface area (Å²) in [5, 5.41) is 0.963. The molecule has 0 saturated heterocycles. The molecule has 100 valence electrons. The van der Waals surface area contributed by atoms with Gasteiger partial charge in [0.1, 0.15) is 0 Å². The summed E-state index contributed by atoms with van der Waals surface area (Å²) in [6.07, 6.45) is 0.920. The van der Waals surface area contributed by atoms with Crippen molar-refractivity contribution in [3.05, 3.63) is 70.6 Å². The van der Waals surface area contributed by atoms with E-state index in [1.807, 2.05) is 36.4 Å². The molecule has 3 aromatic rings. The molecule has 20 heavy (non-hydrogen) atoms. The molecule has 0 aliphatic rings. The maximum absolute atomic E-state index is 11.8. The van der Waals surface area contributed by atoms with Crippen LogP contribution < -0.4 is 5.63 Å². The maximum Gasteiger partial charge on any atom is 0.347 e. The van der Waals surface area contributed by atoms with Crippen molar-refractivity contribution in [2.24, 2.45) is 0 Å². The minimum atomic E-state index is -0.321. The molecule has 0 atom stereocenters. The summed E-state index contributed by atoms with van der Waals surface area (Å²) in [4.78, 5) is 16.2. The van der Waals surface area contributed by atoms with E-state index in [4.69, 9.17) is 4.42 Å². The molecule has 0 N–H and O–H groups in total. The van der Waals surface area contributed by atoms with Gasteiger partial charge in [-0.1, -0.05) is 54.2 Å². The van der Waals surface area contributed by atoms with Gasteiger partial charge in [-0.3, -0.25) is 0 Å². The van der Waals surface area contributed by atoms with Gasteiger partial charge in [-0.15, -0.1) is 0 Å². The zero-order valence-electron chi connectivity index (χ0n) is 10.8. The van der Waals surface area contributed by atoms with Crippen LogP contribution in [0.15, 0.2) is 69.0 Å². The van der Waals surface area contributed by atoms with Crippen molar-refractivity contribution in [2.75, 3.05) is 5.75 Å². The molecule has 3 rings (SSSR count). The number of aromatic nitrogens is 1. The minimum absolute atomic E-state index is 0.321. The molecule has 0 aliphatic heterocycles. The van der Waals surface area contributed by atoms with E-state index >= 15 is 0 Å². The van der Waals surface area contributed by atoms with Gasteiger partial charge in [-0.25, -0.2) is 9.78 Å². The van der Waals surface area contributed by atoms with Gasteiger partial charge in [0.15, 0.2) is 0 Å². The van der Waals surface area contributed by atoms with Crippen LogP contribution in [0.25, 0.3) is 10.9 Å². The van der Waals surface area contributed by atoms with Crippen molar-refractivity contribution in [3.63, 3.8) is 0 Å². The monoisotopic (exact) mass is 283 g/mol. The smallest absolute Gasteiger partial charge is 0.347 e. The van der Waals surface area contributed by atoms with Gasteiger partial charge >= 0.3 is 5.63 Å². The lowest BCUT2D eigenvalue weighted by Gasteiger charge is -2.01. The highest BCUT2D eigenvalue weighted by Gasteiger charge is 2.06. The van der Waals surface area contributed by atoms with Crippen LogP contribution in [0.1, 0.15) is 5.56 Å². The van der Waals surface area contributed by atoms with Crippen LogP contribution in [-0.2, 0) is 6.42 Å². The Balaban J connectivity index is 1.73. The number of rotatable bonds is 4. The quantitative estimate of drug-likeness (QED) is 0.687. The number of aryl methyl sites for hydroxylation is 1. The van der Waals surface area contributed by atoms with E-state index in [1.54, 1.807) is 6.07 Å². The van der Waals surface area contributed by atoms with Crippen LogP contribution in [0.4, 0.5) is 0 Å². The highest BCUT2D eigenvalue weighted by atomic mass is 32.2. The van der Waals surface area contributed by atoms with E-state index in [2.05, 4.69) is 17.1 Å². The van der Waals surface area contributed by atoms with Crippen molar-refractivity contribution in [1.82, 2.24) is 4.98 Å². The van der Waals surface area contributed by atoms with Gasteiger partial charge in [0.25, 0.3) is 5.22 Å². The van der Waals surface area contributed by atoms with Crippen LogP contribution in [0.3, 0.4) is 0 Å². The first kappa shape index (κ1) is 12.9. The number of para-hydroxylation sites is 1. The van der Waals surface area contributed by atoms with Gasteiger partial charge in [-0.2, -0.15) is 0 Å². The maximum atomic E-state index is 11.8. The molecule has 0 amide bonds. The van der Waals surface area contributed by atoms with E-state index in [0.29, 0.717) is 16.1 Å². The first-order chi connectivity index (χ1) is 9.83. The molecule has 0 aliphatic carbocycles. The first-order valence-electron chi connectivity index (χ1n) is 6.39. The molecule has 0 radical (unpaired) electrons. The lowest BCUT2D eigenvalue weighted by atomic mass is 10.2. The summed E-state index contributed by atoms with van der Waals surface area (Å²) in [6, 6.07) is 17.5. The van der Waals surface area contributed by atoms with Gasteiger partial charge < -0.3 is 4.42 Å². The Morgan fingerprint density at radius 1 is 1.00 bits per heavy atom. The Morgan fingerprint density at radius 3 is 2.60 bits per heavy atom. The van der Waals surface area contributed by atoms with Crippen molar-refractivity contribution in [1.29, 1.82) is 0 Å². The Bertz CT molecular complexity index is 768. The fraction of sp³-hybridized carbons (Fsp3) is 0.125. The molecular weight excluding hydrogens is 270 g/mol. The average Bonchev–Trinajstić information content (AvgIpc) is 2.48. The van der Waals surface area contributed by atoms with Crippen molar-refractivity contribution < 1.29 is 4.42 Å². The van der Waals surface area contributed by atoms with Crippen molar-refractivity contribution in [2.45, 2.75) is 11.6 Å². The molecule has 0 spiro atoms. The largest absolute Gasteiger partial charge is 0.397 e. The molecule has 4 heteroatoms. The zero-order valence-corrected chi connectivity index (χ0v) is 11.6. The lowest BCUT2D eigenvalue weighted by molar-refractivity contribution is 0.401. The number of thioether (sulfide) groups is 1. The fourth-order valence-electron chi connectivity index (χ4n) is 1.96. The van der Waals surface area contributed by atoms with Gasteiger partial charge in [-0.05, 0) is 24.1 Å². The van der Waals surface area contributed by atoms with E-state index in [-0.39, 0.29) is 5.63 Å². The zero-order chi connectivity index (χ0) is 13.8. The molecule has 1 heterocycles. The normalized spacial score (nSPS) is 10.8. The molecule has 0 fully saturated rings. The summed E-state index contributed by atoms with van der Waals surface area (Å²) in [7, 11) is 0. The summed E-state index contributed by atoms with van der Waals surface area (Å²) >= 11 is 1.47. The van der Waals surface area contributed by atoms with Crippen molar-refractivity contribution in [3.8, 4) is 0 Å². The number of hydrogen-bond acceptors (Lipinski definition) is 4. The fourth-order valence-corrected chi connectivity index (χ4v) is 2.77. The summed E-state index contributed by atoms with van der Waals surface area (Å²) in [6.45, 7) is 0. The molecule has 2 aromatic carbocycles. The second-order valence-electron chi connectivity index (χ2n) is 4.37. The molecule has 0 bridgehead atoms. The third-order valence-electron chi connectivity index (χ3n) is 2.97. The number of hydrogen-bond donors (Lipinski definition) is 0. The molecule has 0 unspecified atom stereocenters. The molecular formula is C16H13NO2S. The first-order valence-corrected chi connectivity index (χ1v) is 7.38. The predicted molar refractivity (Wildman–Crippen MR) is 81.1 cm³/mol. The summed E-state index contributed by atoms with van der Waals surface area (Å²) in [5.41, 5.74) is 1.63. The lowest BCUT2D eigenvalue weighted by Crippen LogP contribution is -2.02. The summed E-state index contributed by atoms with van der Waals surface area (Å²) < 4.78 is 5.22. The van der Waals surface area contributed by atoms with Crippen molar-refractivity contribution >= 4 is 22.7 Å². The molecule has 1 aromatic heterocycles. The standard InChI is InChI=1S/C16H13NO2S/c18-15-13-8-4-5-9-14(13)17-16(19-15)20-11-10-12-6-2-1-3-7-12/h1-9H,10-11H2. The average molecular weight is 283 g/mol. The van der Waals surface area contributed by atoms with Crippen LogP contribution in [0.2, 0.25) is 0 Å². The number of benzene rings is 2. The second-order valence-corrected chi connectivity index (χ2v) is 5.41. The van der Waals surface area contributed by atoms with E-state index < -0.39 is 0 Å². The summed E-state index contributed by atoms with van der Waals surface area (Å²) in [5.74, 6) is 0.832. The van der Waals surface area contributed by atoms with Gasteiger partial charge in [0.05, 0.1) is 10.9 Å². The Kier molecular flexibility index (Phi) is 3.83. The van der Waals surface area contributed by atoms with Gasteiger partial charge in [0, 0.05) is 5.75 Å². The molecule has 0 saturated carbocycles. The predicted octanol–water partition coefficient (Wildman–Crippen LogP) is 3.52. The van der Waals surface area contributed by atoms with E-state index in [9.17, 15) is 4.79 Å². The second kappa shape index (κ2) is 5.92. The Labute approximate surface area is 120 Å². The third kappa shape index (κ3) is 2.91. The topological polar surface area (TPSA) is 43.1 Å². The SMILES string of the molecule is O=c1oc(SCCc2ccccc2)nc2ccccc12. The Morgan fingerprint density at radius 2 is 1.75 bits per heavy atom. The molecule has 3 nitrogen and oxygen atoms in total. The van der Waals surface area contributed by atoms with Gasteiger partial charge in [0.2, 0.25) is 0 Å². The highest BCUT2D eigenvalue weighted by Crippen LogP contribution is 2.18. The number of nitrogens with zero attached hydrogens (tertiary/aromatic N) is 1. The highest BCUT2D eigenvalue weighted by molar-refractivity contribution is 7.99. The van der Waals surface area contributed by atoms with E-state index in [1.165, 1.54) is 17.3 Å². The minimum Gasteiger partial charge on any atom is -0.397 e. The Hall–Kier alpha value is -2.07. The van der Waals surface area contributed by atoms with Crippen LogP contribution in [0.5, 0.6) is 0 Å². The van der Waals surface area contributed by atoms with Crippen LogP contribution in [0, 0.1) is 0 Å². The van der Waals surface area contributed by atoms with E-state index in [0.717, 1.165) is 12.2 Å². The van der Waals surface area contributed by atoms with Crippen LogP contribution in [-0.4, -0.2) is 10.7 Å². The number of fused-ring (bicyclic) bond motifs is 1. The third-order valence-corrected chi connectivity index (χ3v) is 3.80. The van der Waals surface area contributed by atoms with Crippen LogP contribution >= 0.6 is 11.8 Å².